The molecule has 0 aromatic rings. The lowest BCUT2D eigenvalue weighted by molar-refractivity contribution is -0.149. The Labute approximate surface area is 123 Å². The molecule has 0 saturated carbocycles. The number of carbonyl (C=O) groups excluding carboxylic acids is 2. The number of nitrogens with zero attached hydrogens (tertiary/aromatic N) is 1. The molecule has 0 spiro atoms. The van der Waals surface area contributed by atoms with Crippen LogP contribution in [-0.4, -0.2) is 51.5 Å². The number of carbonyl (C=O) groups is 3. The molecule has 0 aromatic heterocycles. The molecule has 1 fully saturated rings. The second-order valence-corrected chi connectivity index (χ2v) is 7.76. The van der Waals surface area contributed by atoms with E-state index < -0.39 is 23.3 Å². The molecule has 3 amide bonds. The number of imide groups is 1. The van der Waals surface area contributed by atoms with E-state index in [0.717, 1.165) is 0 Å². The minimum Gasteiger partial charge on any atom is -0.481 e. The number of nitrogens with one attached hydrogen (secondary N) is 1. The van der Waals surface area contributed by atoms with Crippen LogP contribution in [0.5, 0.6) is 0 Å². The van der Waals surface area contributed by atoms with Crippen LogP contribution in [0.15, 0.2) is 0 Å². The van der Waals surface area contributed by atoms with Gasteiger partial charge in [-0.15, -0.1) is 0 Å². The van der Waals surface area contributed by atoms with E-state index in [1.807, 2.05) is 25.6 Å². The van der Waals surface area contributed by atoms with E-state index in [2.05, 4.69) is 5.32 Å². The monoisotopic (exact) mass is 302 g/mol. The smallest absolute Gasteiger partial charge is 0.324 e. The SMILES string of the molecule is CC1CN(C(=O)NC(=O)CC(C)(C)C(=O)O)CC(C)S1. The molecule has 0 aromatic carbocycles. The minimum absolute atomic E-state index is 0.220. The van der Waals surface area contributed by atoms with Gasteiger partial charge in [-0.25, -0.2) is 4.79 Å². The number of carboxylic acids is 1. The molecule has 1 heterocycles. The van der Waals surface area contributed by atoms with Crippen molar-refractivity contribution in [2.45, 2.75) is 44.6 Å². The summed E-state index contributed by atoms with van der Waals surface area (Å²) < 4.78 is 0. The number of urea groups is 1. The molecule has 0 aliphatic carbocycles. The maximum Gasteiger partial charge on any atom is 0.324 e. The van der Waals surface area contributed by atoms with E-state index in [1.54, 1.807) is 4.90 Å². The van der Waals surface area contributed by atoms with Gasteiger partial charge in [0.05, 0.1) is 5.41 Å². The highest BCUT2D eigenvalue weighted by molar-refractivity contribution is 8.00. The average molecular weight is 302 g/mol. The van der Waals surface area contributed by atoms with Crippen LogP contribution in [0, 0.1) is 5.41 Å². The molecule has 1 saturated heterocycles. The van der Waals surface area contributed by atoms with Crippen molar-refractivity contribution in [2.75, 3.05) is 13.1 Å². The van der Waals surface area contributed by atoms with Gasteiger partial charge < -0.3 is 10.0 Å². The number of hydrogen-bond donors (Lipinski definition) is 2. The summed E-state index contributed by atoms with van der Waals surface area (Å²) in [5.74, 6) is -1.61. The Kier molecular flexibility index (Phi) is 5.44. The third-order valence-electron chi connectivity index (χ3n) is 3.13. The molecule has 0 bridgehead atoms. The maximum absolute atomic E-state index is 12.0. The van der Waals surface area contributed by atoms with Crippen molar-refractivity contribution in [1.29, 1.82) is 0 Å². The first-order valence-corrected chi connectivity index (χ1v) is 7.53. The van der Waals surface area contributed by atoms with Crippen LogP contribution in [0.1, 0.15) is 34.1 Å². The largest absolute Gasteiger partial charge is 0.481 e. The molecule has 2 unspecified atom stereocenters. The Bertz CT molecular complexity index is 401. The van der Waals surface area contributed by atoms with Gasteiger partial charge in [0, 0.05) is 30.0 Å². The quantitative estimate of drug-likeness (QED) is 0.826. The Morgan fingerprint density at radius 1 is 1.25 bits per heavy atom. The van der Waals surface area contributed by atoms with Crippen molar-refractivity contribution < 1.29 is 19.5 Å². The molecule has 2 atom stereocenters. The Morgan fingerprint density at radius 3 is 2.20 bits per heavy atom. The van der Waals surface area contributed by atoms with Crippen LogP contribution in [0.3, 0.4) is 0 Å². The highest BCUT2D eigenvalue weighted by atomic mass is 32.2. The molecule has 114 valence electrons. The first-order chi connectivity index (χ1) is 9.11. The lowest BCUT2D eigenvalue weighted by Gasteiger charge is -2.34. The van der Waals surface area contributed by atoms with E-state index in [-0.39, 0.29) is 6.42 Å². The van der Waals surface area contributed by atoms with Gasteiger partial charge in [0.15, 0.2) is 0 Å². The molecule has 1 aliphatic heterocycles. The van der Waals surface area contributed by atoms with Crippen molar-refractivity contribution in [1.82, 2.24) is 10.2 Å². The molecule has 0 radical (unpaired) electrons. The van der Waals surface area contributed by atoms with E-state index in [0.29, 0.717) is 23.6 Å². The van der Waals surface area contributed by atoms with Crippen molar-refractivity contribution in [3.8, 4) is 0 Å². The Hall–Kier alpha value is -1.24. The van der Waals surface area contributed by atoms with Gasteiger partial charge in [0.2, 0.25) is 5.91 Å². The van der Waals surface area contributed by atoms with Crippen LogP contribution in [0.25, 0.3) is 0 Å². The van der Waals surface area contributed by atoms with Gasteiger partial charge in [-0.3, -0.25) is 14.9 Å². The average Bonchev–Trinajstić information content (AvgIpc) is 2.26. The van der Waals surface area contributed by atoms with E-state index in [4.69, 9.17) is 5.11 Å². The standard InChI is InChI=1S/C13H22N2O4S/c1-8-6-15(7-9(2)20-8)12(19)14-10(16)5-13(3,4)11(17)18/h8-9H,5-7H2,1-4H3,(H,17,18)(H,14,16,19). The summed E-state index contributed by atoms with van der Waals surface area (Å²) in [4.78, 5) is 36.3. The van der Waals surface area contributed by atoms with Gasteiger partial charge in [0.1, 0.15) is 0 Å². The number of hydrogen-bond acceptors (Lipinski definition) is 4. The van der Waals surface area contributed by atoms with Crippen LogP contribution in [0.4, 0.5) is 4.79 Å². The highest BCUT2D eigenvalue weighted by Crippen LogP contribution is 2.25. The molecule has 2 N–H and O–H groups in total. The molecule has 20 heavy (non-hydrogen) atoms. The zero-order chi connectivity index (χ0) is 15.5. The zero-order valence-corrected chi connectivity index (χ0v) is 13.1. The fraction of sp³-hybridized carbons (Fsp3) is 0.769. The first-order valence-electron chi connectivity index (χ1n) is 6.59. The topological polar surface area (TPSA) is 86.7 Å². The van der Waals surface area contributed by atoms with E-state index >= 15 is 0 Å². The van der Waals surface area contributed by atoms with Gasteiger partial charge in [-0.1, -0.05) is 13.8 Å². The fourth-order valence-electron chi connectivity index (χ4n) is 2.06. The van der Waals surface area contributed by atoms with Crippen molar-refractivity contribution in [3.63, 3.8) is 0 Å². The predicted octanol–water partition coefficient (Wildman–Crippen LogP) is 1.55. The van der Waals surface area contributed by atoms with Gasteiger partial charge in [-0.2, -0.15) is 11.8 Å². The first kappa shape index (κ1) is 16.8. The van der Waals surface area contributed by atoms with Gasteiger partial charge in [-0.05, 0) is 13.8 Å². The third kappa shape index (κ3) is 4.70. The second-order valence-electron chi connectivity index (χ2n) is 5.88. The number of rotatable bonds is 3. The van der Waals surface area contributed by atoms with Crippen LogP contribution < -0.4 is 5.32 Å². The highest BCUT2D eigenvalue weighted by Gasteiger charge is 2.32. The summed E-state index contributed by atoms with van der Waals surface area (Å²) in [6, 6.07) is -0.435. The number of aliphatic carboxylic acids is 1. The summed E-state index contributed by atoms with van der Waals surface area (Å²) in [5.41, 5.74) is -1.18. The number of carboxylic acid groups (broad SMARTS) is 1. The Morgan fingerprint density at radius 2 is 1.75 bits per heavy atom. The maximum atomic E-state index is 12.0. The lowest BCUT2D eigenvalue weighted by atomic mass is 9.89. The summed E-state index contributed by atoms with van der Waals surface area (Å²) in [6.07, 6.45) is -0.220. The number of thioether (sulfide) groups is 1. The predicted molar refractivity (Wildman–Crippen MR) is 77.7 cm³/mol. The third-order valence-corrected chi connectivity index (χ3v) is 4.36. The molecular formula is C13H22N2O4S. The normalized spacial score (nSPS) is 23.3. The summed E-state index contributed by atoms with van der Waals surface area (Å²) >= 11 is 1.81. The molecule has 1 rings (SSSR count). The second kappa shape index (κ2) is 6.47. The molecule has 1 aliphatic rings. The van der Waals surface area contributed by atoms with Crippen molar-refractivity contribution >= 4 is 29.7 Å². The van der Waals surface area contributed by atoms with E-state index in [1.165, 1.54) is 13.8 Å². The van der Waals surface area contributed by atoms with Gasteiger partial charge >= 0.3 is 12.0 Å². The van der Waals surface area contributed by atoms with E-state index in [9.17, 15) is 14.4 Å². The zero-order valence-electron chi connectivity index (χ0n) is 12.3. The van der Waals surface area contributed by atoms with Crippen LogP contribution >= 0.6 is 11.8 Å². The van der Waals surface area contributed by atoms with Gasteiger partial charge in [0.25, 0.3) is 0 Å². The molecular weight excluding hydrogens is 280 g/mol. The number of amides is 3. The minimum atomic E-state index is -1.18. The Balaban J connectivity index is 2.53. The summed E-state index contributed by atoms with van der Waals surface area (Å²) in [7, 11) is 0. The molecule has 7 heteroatoms. The fourth-order valence-corrected chi connectivity index (χ4v) is 3.39. The van der Waals surface area contributed by atoms with Crippen molar-refractivity contribution in [3.05, 3.63) is 0 Å². The van der Waals surface area contributed by atoms with Crippen LogP contribution in [0.2, 0.25) is 0 Å². The summed E-state index contributed by atoms with van der Waals surface area (Å²) in [6.45, 7) is 8.18. The summed E-state index contributed by atoms with van der Waals surface area (Å²) in [5, 5.41) is 11.9. The molecule has 6 nitrogen and oxygen atoms in total. The van der Waals surface area contributed by atoms with Crippen molar-refractivity contribution in [2.24, 2.45) is 5.41 Å². The van der Waals surface area contributed by atoms with Crippen LogP contribution in [-0.2, 0) is 9.59 Å². The lowest BCUT2D eigenvalue weighted by Crippen LogP contribution is -2.50.